The number of benzene rings is 1. The SMILES string of the molecule is CS(=O)(=O)C1(C(=O)NC2CSc3ccccc32)CCNCC1.Cl. The van der Waals surface area contributed by atoms with Gasteiger partial charge in [-0.05, 0) is 37.6 Å². The molecule has 0 aliphatic carbocycles. The maximum absolute atomic E-state index is 12.8. The van der Waals surface area contributed by atoms with Crippen molar-refractivity contribution in [2.24, 2.45) is 0 Å². The van der Waals surface area contributed by atoms with Crippen molar-refractivity contribution in [2.45, 2.75) is 28.5 Å². The van der Waals surface area contributed by atoms with Gasteiger partial charge in [0, 0.05) is 16.9 Å². The predicted molar refractivity (Wildman–Crippen MR) is 95.0 cm³/mol. The van der Waals surface area contributed by atoms with Crippen molar-refractivity contribution in [3.8, 4) is 0 Å². The first-order chi connectivity index (χ1) is 10.4. The maximum atomic E-state index is 12.8. The molecular weight excluding hydrogens is 356 g/mol. The van der Waals surface area contributed by atoms with Crippen LogP contribution >= 0.6 is 24.2 Å². The molecule has 2 N–H and O–H groups in total. The van der Waals surface area contributed by atoms with E-state index in [1.807, 2.05) is 24.3 Å². The van der Waals surface area contributed by atoms with Crippen LogP contribution in [0, 0.1) is 0 Å². The number of hydrogen-bond acceptors (Lipinski definition) is 5. The fourth-order valence-electron chi connectivity index (χ4n) is 3.17. The molecule has 1 saturated heterocycles. The van der Waals surface area contributed by atoms with Crippen LogP contribution in [0.3, 0.4) is 0 Å². The third-order valence-corrected chi connectivity index (χ3v) is 7.74. The van der Waals surface area contributed by atoms with Crippen LogP contribution in [0.5, 0.6) is 0 Å². The molecule has 5 nitrogen and oxygen atoms in total. The van der Waals surface area contributed by atoms with Crippen LogP contribution in [0.1, 0.15) is 24.4 Å². The molecule has 1 aromatic carbocycles. The van der Waals surface area contributed by atoms with Crippen molar-refractivity contribution in [3.05, 3.63) is 29.8 Å². The van der Waals surface area contributed by atoms with Crippen molar-refractivity contribution < 1.29 is 13.2 Å². The first-order valence-corrected chi connectivity index (χ1v) is 10.2. The Bertz CT molecular complexity index is 688. The van der Waals surface area contributed by atoms with Crippen LogP contribution in [-0.2, 0) is 14.6 Å². The standard InChI is InChI=1S/C15H20N2O3S2.ClH/c1-22(19,20)15(6-8-16-9-7-15)14(18)17-12-10-21-13-5-3-2-4-11(12)13;/h2-5,12,16H,6-10H2,1H3,(H,17,18);1H. The van der Waals surface area contributed by atoms with Crippen LogP contribution in [0.15, 0.2) is 29.2 Å². The molecule has 2 heterocycles. The number of carbonyl (C=O) groups is 1. The van der Waals surface area contributed by atoms with E-state index in [1.165, 1.54) is 6.26 Å². The number of rotatable bonds is 3. The number of amides is 1. The van der Waals surface area contributed by atoms with E-state index in [0.717, 1.165) is 16.2 Å². The zero-order chi connectivity index (χ0) is 15.8. The summed E-state index contributed by atoms with van der Waals surface area (Å²) in [6.45, 7) is 1.10. The summed E-state index contributed by atoms with van der Waals surface area (Å²) in [7, 11) is -3.46. The number of nitrogens with one attached hydrogen (secondary N) is 2. The summed E-state index contributed by atoms with van der Waals surface area (Å²) < 4.78 is 23.3. The van der Waals surface area contributed by atoms with E-state index < -0.39 is 14.6 Å². The summed E-state index contributed by atoms with van der Waals surface area (Å²) in [5.74, 6) is 0.405. The fraction of sp³-hybridized carbons (Fsp3) is 0.533. The molecule has 2 aliphatic rings. The van der Waals surface area contributed by atoms with E-state index in [9.17, 15) is 13.2 Å². The minimum Gasteiger partial charge on any atom is -0.347 e. The molecule has 1 aromatic rings. The topological polar surface area (TPSA) is 75.3 Å². The fourth-order valence-corrected chi connectivity index (χ4v) is 5.67. The molecule has 0 bridgehead atoms. The van der Waals surface area contributed by atoms with Gasteiger partial charge >= 0.3 is 0 Å². The normalized spacial score (nSPS) is 22.7. The summed E-state index contributed by atoms with van der Waals surface area (Å²) in [6, 6.07) is 7.84. The van der Waals surface area contributed by atoms with Gasteiger partial charge in [0.2, 0.25) is 5.91 Å². The average molecular weight is 377 g/mol. The van der Waals surface area contributed by atoms with Crippen molar-refractivity contribution in [1.82, 2.24) is 10.6 Å². The molecular formula is C15H21ClN2O3S2. The number of fused-ring (bicyclic) bond motifs is 1. The van der Waals surface area contributed by atoms with E-state index in [-0.39, 0.29) is 24.4 Å². The molecule has 0 saturated carbocycles. The van der Waals surface area contributed by atoms with Gasteiger partial charge < -0.3 is 10.6 Å². The lowest BCUT2D eigenvalue weighted by molar-refractivity contribution is -0.125. The van der Waals surface area contributed by atoms with Gasteiger partial charge in [-0.2, -0.15) is 0 Å². The van der Waals surface area contributed by atoms with Gasteiger partial charge in [-0.3, -0.25) is 4.79 Å². The van der Waals surface area contributed by atoms with Crippen LogP contribution in [0.4, 0.5) is 0 Å². The van der Waals surface area contributed by atoms with E-state index in [4.69, 9.17) is 0 Å². The number of sulfone groups is 1. The van der Waals surface area contributed by atoms with Crippen LogP contribution in [0.2, 0.25) is 0 Å². The highest BCUT2D eigenvalue weighted by atomic mass is 35.5. The van der Waals surface area contributed by atoms with Crippen LogP contribution in [0.25, 0.3) is 0 Å². The number of piperidine rings is 1. The smallest absolute Gasteiger partial charge is 0.242 e. The molecule has 128 valence electrons. The molecule has 3 rings (SSSR count). The largest absolute Gasteiger partial charge is 0.347 e. The van der Waals surface area contributed by atoms with Crippen molar-refractivity contribution in [2.75, 3.05) is 25.1 Å². The number of halogens is 1. The van der Waals surface area contributed by atoms with E-state index in [1.54, 1.807) is 11.8 Å². The Morgan fingerprint density at radius 2 is 1.96 bits per heavy atom. The lowest BCUT2D eigenvalue weighted by Gasteiger charge is -2.35. The Morgan fingerprint density at radius 3 is 2.61 bits per heavy atom. The third kappa shape index (κ3) is 3.38. The Morgan fingerprint density at radius 1 is 1.30 bits per heavy atom. The molecule has 1 unspecified atom stereocenters. The Kier molecular flexibility index (Phi) is 5.66. The third-order valence-electron chi connectivity index (χ3n) is 4.54. The van der Waals surface area contributed by atoms with Crippen LogP contribution < -0.4 is 10.6 Å². The summed E-state index contributed by atoms with van der Waals surface area (Å²) >= 11 is 1.69. The molecule has 2 aliphatic heterocycles. The van der Waals surface area contributed by atoms with Gasteiger partial charge in [-0.1, -0.05) is 18.2 Å². The molecule has 1 fully saturated rings. The maximum Gasteiger partial charge on any atom is 0.242 e. The average Bonchev–Trinajstić information content (AvgIpc) is 2.90. The van der Waals surface area contributed by atoms with E-state index >= 15 is 0 Å². The van der Waals surface area contributed by atoms with Gasteiger partial charge in [0.1, 0.15) is 0 Å². The second-order valence-electron chi connectivity index (χ2n) is 5.89. The predicted octanol–water partition coefficient (Wildman–Crippen LogP) is 1.54. The Balaban J connectivity index is 0.00000192. The summed E-state index contributed by atoms with van der Waals surface area (Å²) in [6.07, 6.45) is 1.84. The first kappa shape index (κ1) is 18.6. The van der Waals surface area contributed by atoms with Crippen LogP contribution in [-0.4, -0.2) is 44.2 Å². The van der Waals surface area contributed by atoms with Gasteiger partial charge in [0.05, 0.1) is 6.04 Å². The van der Waals surface area contributed by atoms with Crippen molar-refractivity contribution in [1.29, 1.82) is 0 Å². The lowest BCUT2D eigenvalue weighted by Crippen LogP contribution is -2.57. The number of thioether (sulfide) groups is 1. The Hall–Kier alpha value is -0.760. The second kappa shape index (κ2) is 7.01. The summed E-state index contributed by atoms with van der Waals surface area (Å²) in [5, 5.41) is 6.11. The zero-order valence-electron chi connectivity index (χ0n) is 12.9. The molecule has 1 amide bonds. The van der Waals surface area contributed by atoms with E-state index in [2.05, 4.69) is 10.6 Å². The highest BCUT2D eigenvalue weighted by Crippen LogP contribution is 2.38. The molecule has 0 spiro atoms. The van der Waals surface area contributed by atoms with Crippen molar-refractivity contribution >= 4 is 39.9 Å². The Labute approximate surface area is 147 Å². The van der Waals surface area contributed by atoms with Gasteiger partial charge in [-0.15, -0.1) is 24.2 Å². The molecule has 0 radical (unpaired) electrons. The molecule has 1 atom stereocenters. The monoisotopic (exact) mass is 376 g/mol. The molecule has 8 heteroatoms. The van der Waals surface area contributed by atoms with E-state index in [0.29, 0.717) is 25.9 Å². The quantitative estimate of drug-likeness (QED) is 0.836. The number of hydrogen-bond donors (Lipinski definition) is 2. The second-order valence-corrected chi connectivity index (χ2v) is 9.28. The minimum atomic E-state index is -3.46. The highest BCUT2D eigenvalue weighted by Gasteiger charge is 2.49. The zero-order valence-corrected chi connectivity index (χ0v) is 15.3. The summed E-state index contributed by atoms with van der Waals surface area (Å²) in [4.78, 5) is 14.0. The lowest BCUT2D eigenvalue weighted by atomic mass is 9.95. The highest BCUT2D eigenvalue weighted by molar-refractivity contribution is 7.99. The summed E-state index contributed by atoms with van der Waals surface area (Å²) in [5.41, 5.74) is 1.08. The van der Waals surface area contributed by atoms with Crippen molar-refractivity contribution in [3.63, 3.8) is 0 Å². The molecule has 0 aromatic heterocycles. The van der Waals surface area contributed by atoms with Gasteiger partial charge in [0.25, 0.3) is 0 Å². The van der Waals surface area contributed by atoms with Gasteiger partial charge in [-0.25, -0.2) is 8.42 Å². The van der Waals surface area contributed by atoms with Gasteiger partial charge in [0.15, 0.2) is 14.6 Å². The first-order valence-electron chi connectivity index (χ1n) is 7.37. The minimum absolute atomic E-state index is 0. The number of carbonyl (C=O) groups excluding carboxylic acids is 1. The molecule has 23 heavy (non-hydrogen) atoms.